The summed E-state index contributed by atoms with van der Waals surface area (Å²) in [6.45, 7) is 0.331. The van der Waals surface area contributed by atoms with Crippen molar-refractivity contribution in [1.82, 2.24) is 5.32 Å². The smallest absolute Gasteiger partial charge is 0.294 e. The summed E-state index contributed by atoms with van der Waals surface area (Å²) in [6.07, 6.45) is 1.44. The number of hydrogen-bond acceptors (Lipinski definition) is 4. The highest BCUT2D eigenvalue weighted by Gasteiger charge is 2.34. The van der Waals surface area contributed by atoms with Crippen molar-refractivity contribution < 1.29 is 18.7 Å². The third-order valence-electron chi connectivity index (χ3n) is 5.21. The Kier molecular flexibility index (Phi) is 6.85. The van der Waals surface area contributed by atoms with Gasteiger partial charge < -0.3 is 14.5 Å². The van der Waals surface area contributed by atoms with Crippen LogP contribution < -0.4 is 15.0 Å². The summed E-state index contributed by atoms with van der Waals surface area (Å²) in [5.41, 5.74) is 2.14. The first-order valence-electron chi connectivity index (χ1n) is 10.5. The largest absolute Gasteiger partial charge is 0.497 e. The van der Waals surface area contributed by atoms with Crippen molar-refractivity contribution in [3.05, 3.63) is 120 Å². The van der Waals surface area contributed by atoms with E-state index in [2.05, 4.69) is 5.32 Å². The van der Waals surface area contributed by atoms with Crippen LogP contribution in [0.2, 0.25) is 0 Å². The molecule has 0 radical (unpaired) electrons. The maximum atomic E-state index is 13.6. The number of carbonyl (C=O) groups is 2. The maximum Gasteiger partial charge on any atom is 0.294 e. The fourth-order valence-electron chi connectivity index (χ4n) is 3.60. The molecule has 33 heavy (non-hydrogen) atoms. The van der Waals surface area contributed by atoms with Crippen LogP contribution in [0.1, 0.15) is 27.7 Å². The SMILES string of the molecule is COc1cccc([C@H](C(=O)NCc2ccccc2)N(C(=O)c2ccco2)c2ccccc2)c1. The molecule has 0 saturated heterocycles. The Morgan fingerprint density at radius 2 is 1.64 bits per heavy atom. The lowest BCUT2D eigenvalue weighted by Crippen LogP contribution is -2.43. The zero-order valence-corrected chi connectivity index (χ0v) is 18.2. The highest BCUT2D eigenvalue weighted by Crippen LogP contribution is 2.31. The van der Waals surface area contributed by atoms with Gasteiger partial charge in [-0.2, -0.15) is 0 Å². The van der Waals surface area contributed by atoms with Gasteiger partial charge in [-0.25, -0.2) is 0 Å². The summed E-state index contributed by atoms with van der Waals surface area (Å²) in [5, 5.41) is 2.98. The summed E-state index contributed by atoms with van der Waals surface area (Å²) in [4.78, 5) is 28.7. The van der Waals surface area contributed by atoms with E-state index < -0.39 is 11.9 Å². The van der Waals surface area contributed by atoms with Gasteiger partial charge in [0.2, 0.25) is 5.91 Å². The lowest BCUT2D eigenvalue weighted by atomic mass is 10.0. The highest BCUT2D eigenvalue weighted by atomic mass is 16.5. The molecule has 0 bridgehead atoms. The van der Waals surface area contributed by atoms with Crippen LogP contribution in [-0.2, 0) is 11.3 Å². The van der Waals surface area contributed by atoms with Gasteiger partial charge >= 0.3 is 0 Å². The third-order valence-corrected chi connectivity index (χ3v) is 5.21. The quantitative estimate of drug-likeness (QED) is 0.419. The molecule has 4 rings (SSSR count). The van der Waals surface area contributed by atoms with Gasteiger partial charge in [0.1, 0.15) is 11.8 Å². The molecule has 166 valence electrons. The second-order valence-electron chi connectivity index (χ2n) is 7.37. The molecule has 0 aliphatic heterocycles. The molecule has 0 aliphatic carbocycles. The van der Waals surface area contributed by atoms with Crippen LogP contribution in [0.15, 0.2) is 108 Å². The predicted octanol–water partition coefficient (Wildman–Crippen LogP) is 4.99. The minimum Gasteiger partial charge on any atom is -0.497 e. The Labute approximate surface area is 192 Å². The van der Waals surface area contributed by atoms with Crippen LogP contribution in [0.4, 0.5) is 5.69 Å². The van der Waals surface area contributed by atoms with Crippen molar-refractivity contribution in [3.8, 4) is 5.75 Å². The summed E-state index contributed by atoms with van der Waals surface area (Å²) in [6, 6.07) is 28.1. The summed E-state index contributed by atoms with van der Waals surface area (Å²) >= 11 is 0. The fourth-order valence-corrected chi connectivity index (χ4v) is 3.60. The zero-order valence-electron chi connectivity index (χ0n) is 18.2. The molecule has 1 aromatic heterocycles. The van der Waals surface area contributed by atoms with E-state index in [0.717, 1.165) is 5.56 Å². The fraction of sp³-hybridized carbons (Fsp3) is 0.111. The summed E-state index contributed by atoms with van der Waals surface area (Å²) in [5.74, 6) is -0.0147. The monoisotopic (exact) mass is 440 g/mol. The van der Waals surface area contributed by atoms with Crippen LogP contribution in [0.5, 0.6) is 5.75 Å². The molecule has 0 unspecified atom stereocenters. The highest BCUT2D eigenvalue weighted by molar-refractivity contribution is 6.08. The summed E-state index contributed by atoms with van der Waals surface area (Å²) < 4.78 is 10.8. The van der Waals surface area contributed by atoms with Gasteiger partial charge in [0.15, 0.2) is 5.76 Å². The second-order valence-corrected chi connectivity index (χ2v) is 7.37. The van der Waals surface area contributed by atoms with Crippen LogP contribution in [0, 0.1) is 0 Å². The third kappa shape index (κ3) is 5.13. The van der Waals surface area contributed by atoms with Gasteiger partial charge in [0.05, 0.1) is 13.4 Å². The Hall–Kier alpha value is -4.32. The van der Waals surface area contributed by atoms with Gasteiger partial charge in [-0.05, 0) is 47.5 Å². The van der Waals surface area contributed by atoms with Crippen LogP contribution >= 0.6 is 0 Å². The number of nitrogens with zero attached hydrogens (tertiary/aromatic N) is 1. The average Bonchev–Trinajstić information content (AvgIpc) is 3.42. The lowest BCUT2D eigenvalue weighted by Gasteiger charge is -2.31. The Morgan fingerprint density at radius 1 is 0.909 bits per heavy atom. The number of nitrogens with one attached hydrogen (secondary N) is 1. The van der Waals surface area contributed by atoms with E-state index in [1.54, 1.807) is 55.6 Å². The molecule has 2 amide bonds. The molecule has 1 N–H and O–H groups in total. The van der Waals surface area contributed by atoms with Crippen molar-refractivity contribution in [2.45, 2.75) is 12.6 Å². The van der Waals surface area contributed by atoms with Gasteiger partial charge in [0, 0.05) is 12.2 Å². The number of para-hydroxylation sites is 1. The molecule has 4 aromatic rings. The van der Waals surface area contributed by atoms with E-state index in [-0.39, 0.29) is 11.7 Å². The topological polar surface area (TPSA) is 71.8 Å². The molecular formula is C27H24N2O4. The van der Waals surface area contributed by atoms with Gasteiger partial charge in [-0.3, -0.25) is 14.5 Å². The van der Waals surface area contributed by atoms with E-state index in [0.29, 0.717) is 23.5 Å². The van der Waals surface area contributed by atoms with Crippen molar-refractivity contribution in [2.75, 3.05) is 12.0 Å². The molecule has 0 spiro atoms. The number of furan rings is 1. The molecule has 1 atom stereocenters. The van der Waals surface area contributed by atoms with Gasteiger partial charge in [-0.1, -0.05) is 60.7 Å². The van der Waals surface area contributed by atoms with E-state index in [1.807, 2.05) is 48.5 Å². The first-order valence-corrected chi connectivity index (χ1v) is 10.5. The number of amides is 2. The minimum atomic E-state index is -0.955. The first kappa shape index (κ1) is 21.9. The van der Waals surface area contributed by atoms with E-state index >= 15 is 0 Å². The van der Waals surface area contributed by atoms with E-state index in [1.165, 1.54) is 11.2 Å². The number of methoxy groups -OCH3 is 1. The number of rotatable bonds is 8. The normalized spacial score (nSPS) is 11.4. The Balaban J connectivity index is 1.77. The number of hydrogen-bond donors (Lipinski definition) is 1. The van der Waals surface area contributed by atoms with Crippen molar-refractivity contribution in [3.63, 3.8) is 0 Å². The molecule has 0 saturated carbocycles. The predicted molar refractivity (Wildman–Crippen MR) is 126 cm³/mol. The Morgan fingerprint density at radius 3 is 2.30 bits per heavy atom. The molecule has 3 aromatic carbocycles. The lowest BCUT2D eigenvalue weighted by molar-refractivity contribution is -0.122. The van der Waals surface area contributed by atoms with E-state index in [9.17, 15) is 9.59 Å². The van der Waals surface area contributed by atoms with Crippen molar-refractivity contribution in [2.24, 2.45) is 0 Å². The first-order chi connectivity index (χ1) is 16.2. The van der Waals surface area contributed by atoms with Crippen molar-refractivity contribution in [1.29, 1.82) is 0 Å². The molecular weight excluding hydrogens is 416 g/mol. The molecule has 6 nitrogen and oxygen atoms in total. The number of carbonyl (C=O) groups excluding carboxylic acids is 2. The molecule has 6 heteroatoms. The standard InChI is InChI=1S/C27H24N2O4/c1-32-23-15-8-12-21(18-23)25(26(30)28-19-20-10-4-2-5-11-20)29(22-13-6-3-7-14-22)27(31)24-16-9-17-33-24/h2-18,25H,19H2,1H3,(H,28,30)/t25-/m1/s1. The molecule has 1 heterocycles. The Bertz CT molecular complexity index is 1190. The zero-order chi connectivity index (χ0) is 23.0. The van der Waals surface area contributed by atoms with Gasteiger partial charge in [-0.15, -0.1) is 0 Å². The average molecular weight is 440 g/mol. The minimum absolute atomic E-state index is 0.141. The van der Waals surface area contributed by atoms with Crippen LogP contribution in [0.3, 0.4) is 0 Å². The molecule has 0 aliphatic rings. The van der Waals surface area contributed by atoms with Crippen LogP contribution in [0.25, 0.3) is 0 Å². The van der Waals surface area contributed by atoms with E-state index in [4.69, 9.17) is 9.15 Å². The van der Waals surface area contributed by atoms with Crippen LogP contribution in [-0.4, -0.2) is 18.9 Å². The number of ether oxygens (including phenoxy) is 1. The maximum absolute atomic E-state index is 13.6. The van der Waals surface area contributed by atoms with Crippen molar-refractivity contribution >= 4 is 17.5 Å². The van der Waals surface area contributed by atoms with Gasteiger partial charge in [0.25, 0.3) is 5.91 Å². The molecule has 0 fully saturated rings. The number of anilines is 1. The number of benzene rings is 3. The second kappa shape index (κ2) is 10.3. The summed E-state index contributed by atoms with van der Waals surface area (Å²) in [7, 11) is 1.56.